The van der Waals surface area contributed by atoms with E-state index < -0.39 is 10.0 Å². The molecule has 2 aromatic carbocycles. The van der Waals surface area contributed by atoms with E-state index >= 15 is 0 Å². The van der Waals surface area contributed by atoms with Gasteiger partial charge in [0.2, 0.25) is 15.9 Å². The molecule has 4 rings (SSSR count). The molecule has 0 aliphatic carbocycles. The van der Waals surface area contributed by atoms with Crippen molar-refractivity contribution in [3.05, 3.63) is 54.1 Å². The van der Waals surface area contributed by atoms with Gasteiger partial charge in [0, 0.05) is 36.3 Å². The molecule has 2 unspecified atom stereocenters. The van der Waals surface area contributed by atoms with Crippen molar-refractivity contribution in [2.45, 2.75) is 62.0 Å². The van der Waals surface area contributed by atoms with Gasteiger partial charge < -0.3 is 15.4 Å². The standard InChI is InChI=1S/C24H29N3O5S/c1-16(28)25-18-9-11-23(12-10-18)33(30,31)27-20-6-4-7-21(27)15-19(14-20)26-24(29)17-5-3-8-22(13-17)32-2/h3,5,8-13,19-21H,4,6-7,14-15H2,1-2H3,(H,25,28)(H,26,29). The van der Waals surface area contributed by atoms with Crippen molar-refractivity contribution in [2.75, 3.05) is 12.4 Å². The fourth-order valence-corrected chi connectivity index (χ4v) is 6.81. The Kier molecular flexibility index (Phi) is 6.71. The molecule has 33 heavy (non-hydrogen) atoms. The summed E-state index contributed by atoms with van der Waals surface area (Å²) in [6, 6.07) is 12.9. The first-order valence-electron chi connectivity index (χ1n) is 11.1. The summed E-state index contributed by atoms with van der Waals surface area (Å²) >= 11 is 0. The van der Waals surface area contributed by atoms with Crippen LogP contribution in [0.3, 0.4) is 0 Å². The van der Waals surface area contributed by atoms with E-state index in [9.17, 15) is 18.0 Å². The first-order chi connectivity index (χ1) is 15.8. The molecule has 2 aliphatic rings. The first kappa shape index (κ1) is 23.3. The number of ether oxygens (including phenoxy) is 1. The molecule has 2 N–H and O–H groups in total. The number of nitrogens with one attached hydrogen (secondary N) is 2. The molecule has 0 spiro atoms. The number of benzene rings is 2. The third kappa shape index (κ3) is 5.04. The van der Waals surface area contributed by atoms with Crippen molar-refractivity contribution in [3.8, 4) is 5.75 Å². The van der Waals surface area contributed by atoms with Crippen molar-refractivity contribution in [2.24, 2.45) is 0 Å². The van der Waals surface area contributed by atoms with Crippen LogP contribution in [0.4, 0.5) is 5.69 Å². The van der Waals surface area contributed by atoms with Crippen molar-refractivity contribution < 1.29 is 22.7 Å². The van der Waals surface area contributed by atoms with Gasteiger partial charge in [-0.3, -0.25) is 9.59 Å². The fourth-order valence-electron chi connectivity index (χ4n) is 4.92. The minimum atomic E-state index is -3.69. The highest BCUT2D eigenvalue weighted by Gasteiger charge is 2.45. The van der Waals surface area contributed by atoms with Gasteiger partial charge in [0.15, 0.2) is 0 Å². The maximum absolute atomic E-state index is 13.5. The van der Waals surface area contributed by atoms with Crippen LogP contribution in [-0.4, -0.2) is 49.8 Å². The second-order valence-electron chi connectivity index (χ2n) is 8.65. The van der Waals surface area contributed by atoms with Gasteiger partial charge in [0.05, 0.1) is 12.0 Å². The van der Waals surface area contributed by atoms with Gasteiger partial charge in [0.25, 0.3) is 5.91 Å². The van der Waals surface area contributed by atoms with Crippen molar-refractivity contribution >= 4 is 27.5 Å². The van der Waals surface area contributed by atoms with Gasteiger partial charge in [0.1, 0.15) is 5.75 Å². The van der Waals surface area contributed by atoms with Gasteiger partial charge in [-0.2, -0.15) is 4.31 Å². The average Bonchev–Trinajstić information content (AvgIpc) is 2.78. The molecule has 2 aromatic rings. The van der Waals surface area contributed by atoms with Gasteiger partial charge in [-0.25, -0.2) is 8.42 Å². The van der Waals surface area contributed by atoms with E-state index in [4.69, 9.17) is 4.74 Å². The molecule has 176 valence electrons. The van der Waals surface area contributed by atoms with Crippen LogP contribution in [0.15, 0.2) is 53.4 Å². The molecule has 9 heteroatoms. The number of anilines is 1. The molecule has 0 aromatic heterocycles. The van der Waals surface area contributed by atoms with Crippen molar-refractivity contribution in [3.63, 3.8) is 0 Å². The summed E-state index contributed by atoms with van der Waals surface area (Å²) in [7, 11) is -2.13. The quantitative estimate of drug-likeness (QED) is 0.673. The molecule has 2 atom stereocenters. The largest absolute Gasteiger partial charge is 0.497 e. The SMILES string of the molecule is COc1cccc(C(=O)NC2CC3CCCC(C2)N3S(=O)(=O)c2ccc(NC(C)=O)cc2)c1. The zero-order valence-electron chi connectivity index (χ0n) is 18.8. The van der Waals surface area contributed by atoms with E-state index in [1.54, 1.807) is 47.8 Å². The summed E-state index contributed by atoms with van der Waals surface area (Å²) in [6.07, 6.45) is 3.67. The molecule has 2 bridgehead atoms. The molecular formula is C24H29N3O5S. The molecule has 0 radical (unpaired) electrons. The summed E-state index contributed by atoms with van der Waals surface area (Å²) < 4.78 is 33.8. The van der Waals surface area contributed by atoms with E-state index in [1.807, 2.05) is 0 Å². The minimum absolute atomic E-state index is 0.0902. The highest BCUT2D eigenvalue weighted by atomic mass is 32.2. The van der Waals surface area contributed by atoms with Crippen LogP contribution >= 0.6 is 0 Å². The van der Waals surface area contributed by atoms with Crippen LogP contribution in [0.5, 0.6) is 5.75 Å². The monoisotopic (exact) mass is 471 g/mol. The summed E-state index contributed by atoms with van der Waals surface area (Å²) in [5, 5.41) is 5.75. The lowest BCUT2D eigenvalue weighted by atomic mass is 9.84. The molecule has 2 fully saturated rings. The Balaban J connectivity index is 1.49. The van der Waals surface area contributed by atoms with E-state index in [1.165, 1.54) is 19.1 Å². The second-order valence-corrected chi connectivity index (χ2v) is 10.5. The van der Waals surface area contributed by atoms with E-state index in [2.05, 4.69) is 10.6 Å². The highest BCUT2D eigenvalue weighted by molar-refractivity contribution is 7.89. The summed E-state index contributed by atoms with van der Waals surface area (Å²) in [5.74, 6) is 0.227. The Bertz CT molecular complexity index is 1120. The molecular weight excluding hydrogens is 442 g/mol. The maximum Gasteiger partial charge on any atom is 0.251 e. The molecule has 0 saturated carbocycles. The van der Waals surface area contributed by atoms with Gasteiger partial charge in [-0.15, -0.1) is 0 Å². The van der Waals surface area contributed by atoms with Crippen LogP contribution in [-0.2, 0) is 14.8 Å². The van der Waals surface area contributed by atoms with Gasteiger partial charge in [-0.05, 0) is 68.1 Å². The number of amides is 2. The second kappa shape index (κ2) is 9.52. The number of methoxy groups -OCH3 is 1. The predicted octanol–water partition coefficient (Wildman–Crippen LogP) is 3.16. The molecule has 2 heterocycles. The zero-order chi connectivity index (χ0) is 23.6. The first-order valence-corrected chi connectivity index (χ1v) is 12.6. The number of hydrogen-bond acceptors (Lipinski definition) is 5. The van der Waals surface area contributed by atoms with Crippen molar-refractivity contribution in [1.82, 2.24) is 9.62 Å². The van der Waals surface area contributed by atoms with Gasteiger partial charge in [-0.1, -0.05) is 12.5 Å². The Morgan fingerprint density at radius 2 is 1.70 bits per heavy atom. The van der Waals surface area contributed by atoms with Gasteiger partial charge >= 0.3 is 0 Å². The predicted molar refractivity (Wildman–Crippen MR) is 125 cm³/mol. The number of carbonyl (C=O) groups is 2. The number of hydrogen-bond donors (Lipinski definition) is 2. The number of sulfonamides is 1. The summed E-state index contributed by atoms with van der Waals surface area (Å²) in [6.45, 7) is 1.41. The van der Waals surface area contributed by atoms with E-state index in [-0.39, 0.29) is 34.8 Å². The molecule has 2 aliphatic heterocycles. The van der Waals surface area contributed by atoms with E-state index in [0.717, 1.165) is 19.3 Å². The lowest BCUT2D eigenvalue weighted by molar-refractivity contribution is -0.114. The number of piperidine rings is 2. The van der Waals surface area contributed by atoms with E-state index in [0.29, 0.717) is 29.8 Å². The Hall–Kier alpha value is -2.91. The Morgan fingerprint density at radius 3 is 2.30 bits per heavy atom. The normalized spacial score (nSPS) is 22.9. The van der Waals surface area contributed by atoms with Crippen molar-refractivity contribution in [1.29, 1.82) is 0 Å². The number of carbonyl (C=O) groups excluding carboxylic acids is 2. The Morgan fingerprint density at radius 1 is 1.03 bits per heavy atom. The maximum atomic E-state index is 13.5. The highest BCUT2D eigenvalue weighted by Crippen LogP contribution is 2.38. The Labute approximate surface area is 194 Å². The molecule has 8 nitrogen and oxygen atoms in total. The zero-order valence-corrected chi connectivity index (χ0v) is 19.6. The van der Waals surface area contributed by atoms with Crippen LogP contribution in [0.25, 0.3) is 0 Å². The van der Waals surface area contributed by atoms with Crippen LogP contribution in [0, 0.1) is 0 Å². The molecule has 2 saturated heterocycles. The lowest BCUT2D eigenvalue weighted by Gasteiger charge is -2.47. The fraction of sp³-hybridized carbons (Fsp3) is 0.417. The third-order valence-electron chi connectivity index (χ3n) is 6.32. The average molecular weight is 472 g/mol. The van der Waals surface area contributed by atoms with Crippen LogP contribution < -0.4 is 15.4 Å². The lowest BCUT2D eigenvalue weighted by Crippen LogP contribution is -2.58. The summed E-state index contributed by atoms with van der Waals surface area (Å²) in [4.78, 5) is 24.2. The smallest absolute Gasteiger partial charge is 0.251 e. The summed E-state index contributed by atoms with van der Waals surface area (Å²) in [5.41, 5.74) is 1.08. The number of nitrogens with zero attached hydrogens (tertiary/aromatic N) is 1. The van der Waals surface area contributed by atoms with Crippen LogP contribution in [0.1, 0.15) is 49.4 Å². The molecule has 2 amide bonds. The minimum Gasteiger partial charge on any atom is -0.497 e. The third-order valence-corrected chi connectivity index (χ3v) is 8.34. The van der Waals surface area contributed by atoms with Crippen LogP contribution in [0.2, 0.25) is 0 Å². The number of rotatable bonds is 6. The topological polar surface area (TPSA) is 105 Å². The number of fused-ring (bicyclic) bond motifs is 2.